The zero-order valence-corrected chi connectivity index (χ0v) is 13.0. The first-order chi connectivity index (χ1) is 10.4. The molecular weight excluding hydrogens is 282 g/mol. The van der Waals surface area contributed by atoms with Gasteiger partial charge in [0.05, 0.1) is 11.0 Å². The Hall–Kier alpha value is -1.95. The lowest BCUT2D eigenvalue weighted by atomic mass is 9.85. The molecule has 1 aliphatic rings. The minimum Gasteiger partial charge on any atom is -0.349 e. The summed E-state index contributed by atoms with van der Waals surface area (Å²) in [7, 11) is 0. The molecule has 1 fully saturated rings. The summed E-state index contributed by atoms with van der Waals surface area (Å²) < 4.78 is 0. The van der Waals surface area contributed by atoms with Gasteiger partial charge in [-0.3, -0.25) is 14.9 Å². The average molecular weight is 305 g/mol. The van der Waals surface area contributed by atoms with Crippen molar-refractivity contribution < 1.29 is 9.72 Å². The Bertz CT molecular complexity index is 574. The smallest absolute Gasteiger partial charge is 0.272 e. The van der Waals surface area contributed by atoms with Gasteiger partial charge in [-0.05, 0) is 38.7 Å². The molecular formula is C16H23N3O3. The third-order valence-corrected chi connectivity index (χ3v) is 4.37. The van der Waals surface area contributed by atoms with Crippen molar-refractivity contribution in [3.63, 3.8) is 0 Å². The molecule has 0 spiro atoms. The average Bonchev–Trinajstić information content (AvgIpc) is 2.47. The molecule has 0 aliphatic heterocycles. The zero-order valence-electron chi connectivity index (χ0n) is 13.0. The summed E-state index contributed by atoms with van der Waals surface area (Å²) in [5, 5.41) is 14.0. The van der Waals surface area contributed by atoms with Crippen molar-refractivity contribution in [2.24, 2.45) is 11.7 Å². The van der Waals surface area contributed by atoms with E-state index in [1.165, 1.54) is 6.07 Å². The van der Waals surface area contributed by atoms with Crippen LogP contribution in [0.15, 0.2) is 18.2 Å². The van der Waals surface area contributed by atoms with Gasteiger partial charge in [0.25, 0.3) is 5.69 Å². The molecule has 0 saturated heterocycles. The van der Waals surface area contributed by atoms with E-state index in [9.17, 15) is 14.9 Å². The number of nitrogens with zero attached hydrogens (tertiary/aromatic N) is 1. The van der Waals surface area contributed by atoms with Crippen LogP contribution in [0.4, 0.5) is 5.69 Å². The molecule has 3 N–H and O–H groups in total. The van der Waals surface area contributed by atoms with E-state index < -0.39 is 4.92 Å². The molecule has 0 radical (unpaired) electrons. The van der Waals surface area contributed by atoms with Gasteiger partial charge < -0.3 is 11.1 Å². The quantitative estimate of drug-likeness (QED) is 0.659. The number of nitro groups is 1. The van der Waals surface area contributed by atoms with E-state index in [0.717, 1.165) is 24.8 Å². The lowest BCUT2D eigenvalue weighted by Gasteiger charge is -2.27. The SMILES string of the molecule is Cc1ccc(C(C)NC(=O)C2CCCC(N)C2)cc1[N+](=O)[O-]. The maximum absolute atomic E-state index is 12.3. The van der Waals surface area contributed by atoms with Crippen molar-refractivity contribution >= 4 is 11.6 Å². The fraction of sp³-hybridized carbons (Fsp3) is 0.562. The number of carbonyl (C=O) groups excluding carboxylic acids is 1. The highest BCUT2D eigenvalue weighted by Gasteiger charge is 2.26. The molecule has 1 aliphatic carbocycles. The van der Waals surface area contributed by atoms with Crippen LogP contribution in [0, 0.1) is 23.0 Å². The van der Waals surface area contributed by atoms with Crippen LogP contribution < -0.4 is 11.1 Å². The summed E-state index contributed by atoms with van der Waals surface area (Å²) in [4.78, 5) is 22.9. The van der Waals surface area contributed by atoms with E-state index in [1.54, 1.807) is 13.0 Å². The normalized spacial score (nSPS) is 22.9. The number of benzene rings is 1. The van der Waals surface area contributed by atoms with Crippen molar-refractivity contribution in [3.8, 4) is 0 Å². The van der Waals surface area contributed by atoms with Crippen molar-refractivity contribution in [2.45, 2.75) is 51.6 Å². The first kappa shape index (κ1) is 16.4. The zero-order chi connectivity index (χ0) is 16.3. The Kier molecular flexibility index (Phi) is 5.13. The molecule has 6 nitrogen and oxygen atoms in total. The van der Waals surface area contributed by atoms with Gasteiger partial charge in [0.1, 0.15) is 0 Å². The number of nitro benzene ring substituents is 1. The fourth-order valence-electron chi connectivity index (χ4n) is 2.97. The van der Waals surface area contributed by atoms with Crippen LogP contribution in [0.25, 0.3) is 0 Å². The summed E-state index contributed by atoms with van der Waals surface area (Å²) in [6, 6.07) is 4.91. The highest BCUT2D eigenvalue weighted by molar-refractivity contribution is 5.79. The van der Waals surface area contributed by atoms with E-state index in [0.29, 0.717) is 12.0 Å². The summed E-state index contributed by atoms with van der Waals surface area (Å²) in [5.74, 6) is -0.0579. The van der Waals surface area contributed by atoms with E-state index >= 15 is 0 Å². The number of nitrogens with two attached hydrogens (primary N) is 1. The molecule has 3 atom stereocenters. The van der Waals surface area contributed by atoms with Crippen molar-refractivity contribution in [2.75, 3.05) is 0 Å². The van der Waals surface area contributed by atoms with Crippen LogP contribution in [0.2, 0.25) is 0 Å². The van der Waals surface area contributed by atoms with Crippen LogP contribution in [-0.4, -0.2) is 16.9 Å². The number of aryl methyl sites for hydroxylation is 1. The molecule has 6 heteroatoms. The second kappa shape index (κ2) is 6.87. The lowest BCUT2D eigenvalue weighted by molar-refractivity contribution is -0.385. The molecule has 1 aromatic rings. The standard InChI is InChI=1S/C16H23N3O3/c1-10-6-7-12(9-15(10)19(21)22)11(2)18-16(20)13-4-3-5-14(17)8-13/h6-7,9,11,13-14H,3-5,8,17H2,1-2H3,(H,18,20). The first-order valence-electron chi connectivity index (χ1n) is 7.69. The molecule has 3 unspecified atom stereocenters. The van der Waals surface area contributed by atoms with Crippen LogP contribution >= 0.6 is 0 Å². The van der Waals surface area contributed by atoms with E-state index in [4.69, 9.17) is 5.73 Å². The highest BCUT2D eigenvalue weighted by atomic mass is 16.6. The number of rotatable bonds is 4. The van der Waals surface area contributed by atoms with Gasteiger partial charge in [0.2, 0.25) is 5.91 Å². The number of amides is 1. The highest BCUT2D eigenvalue weighted by Crippen LogP contribution is 2.26. The molecule has 0 aromatic heterocycles. The van der Waals surface area contributed by atoms with Crippen LogP contribution in [0.3, 0.4) is 0 Å². The summed E-state index contributed by atoms with van der Waals surface area (Å²) >= 11 is 0. The molecule has 0 bridgehead atoms. The minimum absolute atomic E-state index is 0.00845. The second-order valence-corrected chi connectivity index (χ2v) is 6.16. The fourth-order valence-corrected chi connectivity index (χ4v) is 2.97. The molecule has 1 saturated carbocycles. The molecule has 2 rings (SSSR count). The Morgan fingerprint density at radius 2 is 2.18 bits per heavy atom. The topological polar surface area (TPSA) is 98.3 Å². The maximum atomic E-state index is 12.3. The Balaban J connectivity index is 2.05. The number of carbonyl (C=O) groups is 1. The summed E-state index contributed by atoms with van der Waals surface area (Å²) in [6.45, 7) is 3.55. The van der Waals surface area contributed by atoms with Crippen LogP contribution in [-0.2, 0) is 4.79 Å². The third kappa shape index (κ3) is 3.82. The molecule has 1 aromatic carbocycles. The molecule has 0 heterocycles. The van der Waals surface area contributed by atoms with Gasteiger partial charge in [-0.1, -0.05) is 18.6 Å². The Labute approximate surface area is 130 Å². The van der Waals surface area contributed by atoms with Crippen molar-refractivity contribution in [1.29, 1.82) is 0 Å². The first-order valence-corrected chi connectivity index (χ1v) is 7.69. The van der Waals surface area contributed by atoms with Crippen molar-refractivity contribution in [1.82, 2.24) is 5.32 Å². The lowest BCUT2D eigenvalue weighted by Crippen LogP contribution is -2.38. The van der Waals surface area contributed by atoms with Crippen LogP contribution in [0.1, 0.15) is 49.8 Å². The van der Waals surface area contributed by atoms with Crippen LogP contribution in [0.5, 0.6) is 0 Å². The third-order valence-electron chi connectivity index (χ3n) is 4.37. The molecule has 1 amide bonds. The molecule has 120 valence electrons. The second-order valence-electron chi connectivity index (χ2n) is 6.16. The number of nitrogens with one attached hydrogen (secondary N) is 1. The summed E-state index contributed by atoms with van der Waals surface area (Å²) in [6.07, 6.45) is 3.53. The monoisotopic (exact) mass is 305 g/mol. The van der Waals surface area contributed by atoms with Gasteiger partial charge in [-0.25, -0.2) is 0 Å². The van der Waals surface area contributed by atoms with Gasteiger partial charge in [-0.15, -0.1) is 0 Å². The predicted molar refractivity (Wildman–Crippen MR) is 84.3 cm³/mol. The minimum atomic E-state index is -0.395. The van der Waals surface area contributed by atoms with E-state index in [2.05, 4.69) is 5.32 Å². The largest absolute Gasteiger partial charge is 0.349 e. The van der Waals surface area contributed by atoms with Gasteiger partial charge in [0.15, 0.2) is 0 Å². The van der Waals surface area contributed by atoms with E-state index in [1.807, 2.05) is 13.0 Å². The maximum Gasteiger partial charge on any atom is 0.272 e. The number of hydrogen-bond acceptors (Lipinski definition) is 4. The Morgan fingerprint density at radius 3 is 2.82 bits per heavy atom. The van der Waals surface area contributed by atoms with E-state index in [-0.39, 0.29) is 29.6 Å². The van der Waals surface area contributed by atoms with Gasteiger partial charge in [0, 0.05) is 23.6 Å². The Morgan fingerprint density at radius 1 is 1.45 bits per heavy atom. The van der Waals surface area contributed by atoms with Gasteiger partial charge >= 0.3 is 0 Å². The molecule has 22 heavy (non-hydrogen) atoms. The summed E-state index contributed by atoms with van der Waals surface area (Å²) in [5.41, 5.74) is 7.36. The number of hydrogen-bond donors (Lipinski definition) is 2. The van der Waals surface area contributed by atoms with Crippen molar-refractivity contribution in [3.05, 3.63) is 39.4 Å². The predicted octanol–water partition coefficient (Wildman–Crippen LogP) is 2.60. The van der Waals surface area contributed by atoms with Gasteiger partial charge in [-0.2, -0.15) is 0 Å².